The number of nitrogens with zero attached hydrogens (tertiary/aromatic N) is 1. The van der Waals surface area contributed by atoms with Gasteiger partial charge in [0, 0.05) is 18.7 Å². The molecule has 0 heterocycles. The molecule has 0 spiro atoms. The first kappa shape index (κ1) is 11.3. The third kappa shape index (κ3) is 2.87. The molecule has 0 atom stereocenters. The van der Waals surface area contributed by atoms with E-state index in [0.29, 0.717) is 6.04 Å². The summed E-state index contributed by atoms with van der Waals surface area (Å²) in [7, 11) is 1.51. The Labute approximate surface area is 85.2 Å². The second kappa shape index (κ2) is 4.17. The fourth-order valence-electron chi connectivity index (χ4n) is 1.48. The van der Waals surface area contributed by atoms with Gasteiger partial charge in [-0.05, 0) is 33.6 Å². The van der Waals surface area contributed by atoms with Crippen LogP contribution in [-0.2, 0) is 9.47 Å². The lowest BCUT2D eigenvalue weighted by Crippen LogP contribution is -2.47. The van der Waals surface area contributed by atoms with E-state index in [9.17, 15) is 4.79 Å². The van der Waals surface area contributed by atoms with Gasteiger partial charge in [-0.25, -0.2) is 4.79 Å². The van der Waals surface area contributed by atoms with Crippen molar-refractivity contribution in [3.8, 4) is 0 Å². The average molecular weight is 201 g/mol. The highest BCUT2D eigenvalue weighted by atomic mass is 16.7. The minimum atomic E-state index is -0.276. The molecule has 1 saturated carbocycles. The summed E-state index contributed by atoms with van der Waals surface area (Å²) in [6.45, 7) is 6.07. The molecule has 0 saturated heterocycles. The first-order chi connectivity index (χ1) is 6.46. The van der Waals surface area contributed by atoms with Crippen LogP contribution in [0.25, 0.3) is 0 Å². The van der Waals surface area contributed by atoms with Crippen LogP contribution in [-0.4, -0.2) is 36.5 Å². The van der Waals surface area contributed by atoms with E-state index in [4.69, 9.17) is 9.47 Å². The van der Waals surface area contributed by atoms with Gasteiger partial charge in [0.25, 0.3) is 0 Å². The third-order valence-electron chi connectivity index (χ3n) is 2.13. The SMILES string of the molecule is COCOC(=O)N(C1CC1)C(C)(C)C. The fraction of sp³-hybridized carbons (Fsp3) is 0.900. The number of rotatable bonds is 3. The monoisotopic (exact) mass is 201 g/mol. The highest BCUT2D eigenvalue weighted by Crippen LogP contribution is 2.33. The minimum Gasteiger partial charge on any atom is -0.422 e. The molecule has 82 valence electrons. The molecule has 0 aliphatic heterocycles. The molecule has 1 aliphatic rings. The minimum absolute atomic E-state index is 0.0259. The van der Waals surface area contributed by atoms with Crippen LogP contribution in [0.4, 0.5) is 4.79 Å². The van der Waals surface area contributed by atoms with Gasteiger partial charge in [-0.15, -0.1) is 0 Å². The van der Waals surface area contributed by atoms with Crippen LogP contribution < -0.4 is 0 Å². The Hall–Kier alpha value is -0.770. The molecule has 4 heteroatoms. The van der Waals surface area contributed by atoms with Crippen LogP contribution in [0.5, 0.6) is 0 Å². The van der Waals surface area contributed by atoms with Crippen LogP contribution in [0.2, 0.25) is 0 Å². The largest absolute Gasteiger partial charge is 0.422 e. The van der Waals surface area contributed by atoms with Crippen molar-refractivity contribution in [2.24, 2.45) is 0 Å². The molecule has 1 rings (SSSR count). The summed E-state index contributed by atoms with van der Waals surface area (Å²) < 4.78 is 9.65. The molecular weight excluding hydrogens is 182 g/mol. The van der Waals surface area contributed by atoms with Crippen molar-refractivity contribution >= 4 is 6.09 Å². The van der Waals surface area contributed by atoms with Crippen molar-refractivity contribution in [3.05, 3.63) is 0 Å². The third-order valence-corrected chi connectivity index (χ3v) is 2.13. The zero-order valence-electron chi connectivity index (χ0n) is 9.37. The predicted octanol–water partition coefficient (Wildman–Crippen LogP) is 1.99. The van der Waals surface area contributed by atoms with Crippen LogP contribution >= 0.6 is 0 Å². The summed E-state index contributed by atoms with van der Waals surface area (Å²) >= 11 is 0. The number of carbonyl (C=O) groups excluding carboxylic acids is 1. The van der Waals surface area contributed by atoms with Gasteiger partial charge in [0.2, 0.25) is 0 Å². The number of hydrogen-bond acceptors (Lipinski definition) is 3. The standard InChI is InChI=1S/C10H19NO3/c1-10(2,3)11(8-5-6-8)9(12)14-7-13-4/h8H,5-7H2,1-4H3. The zero-order chi connectivity index (χ0) is 10.8. The molecule has 0 aromatic rings. The van der Waals surface area contributed by atoms with Gasteiger partial charge in [-0.2, -0.15) is 0 Å². The van der Waals surface area contributed by atoms with Gasteiger partial charge < -0.3 is 14.4 Å². The Balaban J connectivity index is 2.54. The first-order valence-corrected chi connectivity index (χ1v) is 4.92. The average Bonchev–Trinajstić information content (AvgIpc) is 2.82. The van der Waals surface area contributed by atoms with Crippen molar-refractivity contribution in [2.45, 2.75) is 45.2 Å². The highest BCUT2D eigenvalue weighted by molar-refractivity contribution is 5.69. The summed E-state index contributed by atoms with van der Waals surface area (Å²) in [5, 5.41) is 0. The summed E-state index contributed by atoms with van der Waals surface area (Å²) in [4.78, 5) is 13.5. The van der Waals surface area contributed by atoms with Crippen molar-refractivity contribution in [3.63, 3.8) is 0 Å². The molecule has 0 N–H and O–H groups in total. The second-order valence-electron chi connectivity index (χ2n) is 4.59. The number of methoxy groups -OCH3 is 1. The number of carbonyl (C=O) groups is 1. The fourth-order valence-corrected chi connectivity index (χ4v) is 1.48. The zero-order valence-corrected chi connectivity index (χ0v) is 9.37. The van der Waals surface area contributed by atoms with Gasteiger partial charge in [-0.1, -0.05) is 0 Å². The Morgan fingerprint density at radius 2 is 2.00 bits per heavy atom. The number of ether oxygens (including phenoxy) is 2. The highest BCUT2D eigenvalue weighted by Gasteiger charge is 2.40. The maximum absolute atomic E-state index is 11.7. The Bertz CT molecular complexity index is 206. The molecule has 1 aliphatic carbocycles. The van der Waals surface area contributed by atoms with E-state index >= 15 is 0 Å². The molecule has 0 unspecified atom stereocenters. The maximum Gasteiger partial charge on any atom is 0.412 e. The normalized spacial score (nSPS) is 16.6. The van der Waals surface area contributed by atoms with Crippen LogP contribution in [0.15, 0.2) is 0 Å². The molecule has 0 aromatic heterocycles. The topological polar surface area (TPSA) is 38.8 Å². The van der Waals surface area contributed by atoms with Gasteiger partial charge >= 0.3 is 6.09 Å². The molecular formula is C10H19NO3. The van der Waals surface area contributed by atoms with E-state index in [2.05, 4.69) is 0 Å². The summed E-state index contributed by atoms with van der Waals surface area (Å²) in [6, 6.07) is 0.361. The lowest BCUT2D eigenvalue weighted by Gasteiger charge is -2.34. The Kier molecular flexibility index (Phi) is 3.37. The second-order valence-corrected chi connectivity index (χ2v) is 4.59. The first-order valence-electron chi connectivity index (χ1n) is 4.92. The maximum atomic E-state index is 11.7. The Morgan fingerprint density at radius 1 is 1.43 bits per heavy atom. The number of amides is 1. The van der Waals surface area contributed by atoms with Crippen molar-refractivity contribution in [1.29, 1.82) is 0 Å². The van der Waals surface area contributed by atoms with Gasteiger partial charge in [-0.3, -0.25) is 0 Å². The summed E-state index contributed by atoms with van der Waals surface area (Å²) in [5.41, 5.74) is -0.175. The van der Waals surface area contributed by atoms with Crippen LogP contribution in [0.1, 0.15) is 33.6 Å². The van der Waals surface area contributed by atoms with E-state index in [-0.39, 0.29) is 18.4 Å². The van der Waals surface area contributed by atoms with Gasteiger partial charge in [0.15, 0.2) is 6.79 Å². The molecule has 0 aromatic carbocycles. The lowest BCUT2D eigenvalue weighted by molar-refractivity contribution is -0.0175. The van der Waals surface area contributed by atoms with Crippen molar-refractivity contribution in [1.82, 2.24) is 4.90 Å². The van der Waals surface area contributed by atoms with E-state index in [1.54, 1.807) is 4.90 Å². The molecule has 1 fully saturated rings. The predicted molar refractivity (Wildman–Crippen MR) is 53.0 cm³/mol. The van der Waals surface area contributed by atoms with Crippen LogP contribution in [0, 0.1) is 0 Å². The van der Waals surface area contributed by atoms with Crippen molar-refractivity contribution < 1.29 is 14.3 Å². The number of hydrogen-bond donors (Lipinski definition) is 0. The van der Waals surface area contributed by atoms with Crippen LogP contribution in [0.3, 0.4) is 0 Å². The van der Waals surface area contributed by atoms with E-state index in [1.807, 2.05) is 20.8 Å². The molecule has 0 bridgehead atoms. The van der Waals surface area contributed by atoms with E-state index < -0.39 is 0 Å². The molecule has 1 amide bonds. The molecule has 0 radical (unpaired) electrons. The van der Waals surface area contributed by atoms with E-state index in [0.717, 1.165) is 12.8 Å². The smallest absolute Gasteiger partial charge is 0.412 e. The van der Waals surface area contributed by atoms with Gasteiger partial charge in [0.05, 0.1) is 0 Å². The molecule has 4 nitrogen and oxygen atoms in total. The quantitative estimate of drug-likeness (QED) is 0.655. The summed E-state index contributed by atoms with van der Waals surface area (Å²) in [6.07, 6.45) is 1.89. The van der Waals surface area contributed by atoms with E-state index in [1.165, 1.54) is 7.11 Å². The van der Waals surface area contributed by atoms with Crippen molar-refractivity contribution in [2.75, 3.05) is 13.9 Å². The molecule has 14 heavy (non-hydrogen) atoms. The summed E-state index contributed by atoms with van der Waals surface area (Å²) in [5.74, 6) is 0. The van der Waals surface area contributed by atoms with Gasteiger partial charge in [0.1, 0.15) is 0 Å². The Morgan fingerprint density at radius 3 is 2.36 bits per heavy atom. The lowest BCUT2D eigenvalue weighted by atomic mass is 10.1.